The number of hydrogen-bond donors (Lipinski definition) is 0. The zero-order valence-electron chi connectivity index (χ0n) is 5.27. The van der Waals surface area contributed by atoms with Gasteiger partial charge in [-0.25, -0.2) is 4.68 Å². The second kappa shape index (κ2) is 2.27. The van der Waals surface area contributed by atoms with Crippen LogP contribution in [-0.4, -0.2) is 9.78 Å². The van der Waals surface area contributed by atoms with Gasteiger partial charge in [-0.15, -0.1) is 0 Å². The average molecular weight is 150 g/mol. The van der Waals surface area contributed by atoms with Gasteiger partial charge < -0.3 is 0 Å². The minimum atomic E-state index is 1.13. The molecule has 3 heteroatoms. The van der Waals surface area contributed by atoms with E-state index in [1.807, 2.05) is 28.4 Å². The SMILES string of the molecule is c1cnn(-c2ccsc2)c1. The Bertz CT molecular complexity index is 251. The zero-order valence-corrected chi connectivity index (χ0v) is 6.08. The van der Waals surface area contributed by atoms with Crippen molar-refractivity contribution in [1.29, 1.82) is 0 Å². The van der Waals surface area contributed by atoms with Crippen LogP contribution in [-0.2, 0) is 0 Å². The highest BCUT2D eigenvalue weighted by atomic mass is 32.1. The monoisotopic (exact) mass is 150 g/mol. The standard InChI is InChI=1S/C7H6N2S/c1-3-8-9(4-1)7-2-5-10-6-7/h1-6H. The molecule has 0 bridgehead atoms. The summed E-state index contributed by atoms with van der Waals surface area (Å²) in [6.07, 6.45) is 3.71. The summed E-state index contributed by atoms with van der Waals surface area (Å²) in [5.74, 6) is 0. The first-order chi connectivity index (χ1) is 4.97. The molecule has 0 aromatic carbocycles. The highest BCUT2D eigenvalue weighted by Gasteiger charge is 1.92. The van der Waals surface area contributed by atoms with E-state index < -0.39 is 0 Å². The van der Waals surface area contributed by atoms with E-state index >= 15 is 0 Å². The molecule has 0 radical (unpaired) electrons. The van der Waals surface area contributed by atoms with Crippen LogP contribution in [0, 0.1) is 0 Å². The van der Waals surface area contributed by atoms with Crippen molar-refractivity contribution in [3.8, 4) is 5.69 Å². The van der Waals surface area contributed by atoms with Crippen molar-refractivity contribution in [1.82, 2.24) is 9.78 Å². The van der Waals surface area contributed by atoms with Crippen LogP contribution >= 0.6 is 11.3 Å². The van der Waals surface area contributed by atoms with Crippen molar-refractivity contribution in [3.05, 3.63) is 35.3 Å². The second-order valence-electron chi connectivity index (χ2n) is 1.93. The maximum Gasteiger partial charge on any atom is 0.0752 e. The fraction of sp³-hybridized carbons (Fsp3) is 0. The van der Waals surface area contributed by atoms with Gasteiger partial charge in [0.1, 0.15) is 0 Å². The van der Waals surface area contributed by atoms with Crippen molar-refractivity contribution >= 4 is 11.3 Å². The Kier molecular flexibility index (Phi) is 1.29. The summed E-state index contributed by atoms with van der Waals surface area (Å²) in [6.45, 7) is 0. The Balaban J connectivity index is 2.48. The molecular weight excluding hydrogens is 144 g/mol. The average Bonchev–Trinajstić information content (AvgIpc) is 2.59. The van der Waals surface area contributed by atoms with E-state index in [1.165, 1.54) is 0 Å². The van der Waals surface area contributed by atoms with Crippen LogP contribution in [0.15, 0.2) is 35.3 Å². The summed E-state index contributed by atoms with van der Waals surface area (Å²) in [5.41, 5.74) is 1.13. The number of thiophene rings is 1. The summed E-state index contributed by atoms with van der Waals surface area (Å²) < 4.78 is 1.84. The fourth-order valence-electron chi connectivity index (χ4n) is 0.809. The van der Waals surface area contributed by atoms with Crippen LogP contribution in [0.2, 0.25) is 0 Å². The molecule has 2 nitrogen and oxygen atoms in total. The summed E-state index contributed by atoms with van der Waals surface area (Å²) in [6, 6.07) is 3.95. The summed E-state index contributed by atoms with van der Waals surface area (Å²) >= 11 is 1.68. The Morgan fingerprint density at radius 2 is 2.50 bits per heavy atom. The molecule has 0 unspecified atom stereocenters. The third kappa shape index (κ3) is 0.844. The van der Waals surface area contributed by atoms with E-state index in [0.29, 0.717) is 0 Å². The third-order valence-electron chi connectivity index (χ3n) is 1.28. The van der Waals surface area contributed by atoms with Crippen molar-refractivity contribution in [2.24, 2.45) is 0 Å². The molecule has 0 N–H and O–H groups in total. The molecule has 0 aliphatic heterocycles. The van der Waals surface area contributed by atoms with Gasteiger partial charge in [0.2, 0.25) is 0 Å². The molecule has 2 heterocycles. The van der Waals surface area contributed by atoms with Gasteiger partial charge in [-0.05, 0) is 17.5 Å². The van der Waals surface area contributed by atoms with Crippen LogP contribution in [0.25, 0.3) is 5.69 Å². The molecule has 2 rings (SSSR count). The van der Waals surface area contributed by atoms with Crippen molar-refractivity contribution in [3.63, 3.8) is 0 Å². The van der Waals surface area contributed by atoms with E-state index in [9.17, 15) is 0 Å². The first-order valence-electron chi connectivity index (χ1n) is 2.99. The Labute approximate surface area is 62.7 Å². The molecular formula is C7H6N2S. The van der Waals surface area contributed by atoms with E-state index in [-0.39, 0.29) is 0 Å². The molecule has 2 aromatic heterocycles. The van der Waals surface area contributed by atoms with Crippen LogP contribution in [0.1, 0.15) is 0 Å². The summed E-state index contributed by atoms with van der Waals surface area (Å²) in [5, 5.41) is 8.18. The maximum absolute atomic E-state index is 4.08. The van der Waals surface area contributed by atoms with Gasteiger partial charge in [0.15, 0.2) is 0 Å². The Morgan fingerprint density at radius 1 is 1.50 bits per heavy atom. The van der Waals surface area contributed by atoms with Crippen molar-refractivity contribution in [2.45, 2.75) is 0 Å². The molecule has 50 valence electrons. The predicted molar refractivity (Wildman–Crippen MR) is 41.4 cm³/mol. The summed E-state index contributed by atoms with van der Waals surface area (Å²) in [4.78, 5) is 0. The van der Waals surface area contributed by atoms with Gasteiger partial charge in [0, 0.05) is 17.8 Å². The van der Waals surface area contributed by atoms with E-state index in [4.69, 9.17) is 0 Å². The Morgan fingerprint density at radius 3 is 3.10 bits per heavy atom. The summed E-state index contributed by atoms with van der Waals surface area (Å²) in [7, 11) is 0. The van der Waals surface area contributed by atoms with Gasteiger partial charge in [0.05, 0.1) is 5.69 Å². The van der Waals surface area contributed by atoms with Crippen LogP contribution in [0.3, 0.4) is 0 Å². The third-order valence-corrected chi connectivity index (χ3v) is 1.95. The normalized spacial score (nSPS) is 10.0. The maximum atomic E-state index is 4.08. The fourth-order valence-corrected chi connectivity index (χ4v) is 1.43. The minimum Gasteiger partial charge on any atom is -0.240 e. The Hall–Kier alpha value is -1.09. The molecule has 0 aliphatic rings. The van der Waals surface area contributed by atoms with Crippen LogP contribution in [0.5, 0.6) is 0 Å². The minimum absolute atomic E-state index is 1.13. The lowest BCUT2D eigenvalue weighted by Gasteiger charge is -1.92. The predicted octanol–water partition coefficient (Wildman–Crippen LogP) is 1.93. The molecule has 0 aliphatic carbocycles. The van der Waals surface area contributed by atoms with E-state index in [2.05, 4.69) is 10.5 Å². The van der Waals surface area contributed by atoms with Gasteiger partial charge in [-0.1, -0.05) is 0 Å². The van der Waals surface area contributed by atoms with Gasteiger partial charge >= 0.3 is 0 Å². The first kappa shape index (κ1) is 5.68. The molecule has 0 saturated carbocycles. The van der Waals surface area contributed by atoms with Crippen LogP contribution in [0.4, 0.5) is 0 Å². The number of hydrogen-bond acceptors (Lipinski definition) is 2. The van der Waals surface area contributed by atoms with Crippen LogP contribution < -0.4 is 0 Å². The lowest BCUT2D eigenvalue weighted by Crippen LogP contribution is -1.89. The number of nitrogens with zero attached hydrogens (tertiary/aromatic N) is 2. The smallest absolute Gasteiger partial charge is 0.0752 e. The largest absolute Gasteiger partial charge is 0.240 e. The quantitative estimate of drug-likeness (QED) is 0.607. The van der Waals surface area contributed by atoms with Gasteiger partial charge in [-0.2, -0.15) is 16.4 Å². The molecule has 0 fully saturated rings. The van der Waals surface area contributed by atoms with E-state index in [1.54, 1.807) is 17.5 Å². The first-order valence-corrected chi connectivity index (χ1v) is 3.93. The molecule has 0 saturated heterocycles. The molecule has 0 spiro atoms. The van der Waals surface area contributed by atoms with Crippen molar-refractivity contribution < 1.29 is 0 Å². The second-order valence-corrected chi connectivity index (χ2v) is 2.71. The highest BCUT2D eigenvalue weighted by Crippen LogP contribution is 2.09. The van der Waals surface area contributed by atoms with Gasteiger partial charge in [-0.3, -0.25) is 0 Å². The lowest BCUT2D eigenvalue weighted by molar-refractivity contribution is 0.885. The number of rotatable bonds is 1. The molecule has 0 amide bonds. The lowest BCUT2D eigenvalue weighted by atomic mass is 10.5. The molecule has 2 aromatic rings. The number of aromatic nitrogens is 2. The highest BCUT2D eigenvalue weighted by molar-refractivity contribution is 7.08. The van der Waals surface area contributed by atoms with Gasteiger partial charge in [0.25, 0.3) is 0 Å². The zero-order chi connectivity index (χ0) is 6.81. The van der Waals surface area contributed by atoms with E-state index in [0.717, 1.165) is 5.69 Å². The topological polar surface area (TPSA) is 17.8 Å². The molecule has 10 heavy (non-hydrogen) atoms. The molecule has 0 atom stereocenters. The van der Waals surface area contributed by atoms with Crippen molar-refractivity contribution in [2.75, 3.05) is 0 Å².